The Morgan fingerprint density at radius 1 is 1.25 bits per heavy atom. The maximum absolute atomic E-state index is 10.8. The molecule has 9 heteroatoms. The lowest BCUT2D eigenvalue weighted by atomic mass is 10.2. The third kappa shape index (κ3) is 8.75. The molecule has 0 atom stereocenters. The Labute approximate surface area is 112 Å². The third-order valence-electron chi connectivity index (χ3n) is 1.70. The highest BCUT2D eigenvalue weighted by Crippen LogP contribution is 2.13. The van der Waals surface area contributed by atoms with Gasteiger partial charge in [-0.05, 0) is 5.56 Å². The molecule has 4 N–H and O–H groups in total. The quantitative estimate of drug-likeness (QED) is 0.733. The van der Waals surface area contributed by atoms with E-state index < -0.39 is 18.2 Å². The molecule has 0 aliphatic carbocycles. The van der Waals surface area contributed by atoms with E-state index in [-0.39, 0.29) is 13.3 Å². The minimum absolute atomic E-state index is 0.0909. The van der Waals surface area contributed by atoms with Crippen LogP contribution in [-0.2, 0) is 16.1 Å². The van der Waals surface area contributed by atoms with Crippen LogP contribution in [0, 0.1) is 0 Å². The highest BCUT2D eigenvalue weighted by Gasteiger charge is 2.38. The van der Waals surface area contributed by atoms with Crippen molar-refractivity contribution < 1.29 is 32.6 Å². The lowest BCUT2D eigenvalue weighted by molar-refractivity contribution is -0.192. The van der Waals surface area contributed by atoms with Gasteiger partial charge in [0.25, 0.3) is 0 Å². The van der Waals surface area contributed by atoms with Gasteiger partial charge < -0.3 is 20.9 Å². The van der Waals surface area contributed by atoms with E-state index in [1.807, 2.05) is 30.3 Å². The van der Waals surface area contributed by atoms with Crippen LogP contribution in [0.15, 0.2) is 30.3 Å². The summed E-state index contributed by atoms with van der Waals surface area (Å²) in [5, 5.41) is 9.46. The smallest absolute Gasteiger partial charge is 0.475 e. The fourth-order valence-electron chi connectivity index (χ4n) is 0.857. The number of carboxylic acids is 1. The minimum Gasteiger partial charge on any atom is -0.475 e. The van der Waals surface area contributed by atoms with Gasteiger partial charge in [0.15, 0.2) is 0 Å². The molecule has 0 saturated carbocycles. The van der Waals surface area contributed by atoms with Gasteiger partial charge in [-0.2, -0.15) is 13.2 Å². The monoisotopic (exact) mass is 294 g/mol. The van der Waals surface area contributed by atoms with E-state index in [0.29, 0.717) is 0 Å². The number of halogens is 3. The van der Waals surface area contributed by atoms with Crippen molar-refractivity contribution in [3.63, 3.8) is 0 Å². The van der Waals surface area contributed by atoms with E-state index in [4.69, 9.17) is 20.4 Å². The molecule has 1 rings (SSSR count). The lowest BCUT2D eigenvalue weighted by Crippen LogP contribution is -2.29. The van der Waals surface area contributed by atoms with Crippen molar-refractivity contribution in [2.75, 3.05) is 6.67 Å². The number of hydrogen-bond donors (Lipinski definition) is 3. The Bertz CT molecular complexity index is 423. The molecular formula is C11H13F3N2O4. The number of alkyl carbamates (subject to hydrolysis) is 1. The number of carboxylic acid groups (broad SMARTS) is 1. The minimum atomic E-state index is -5.08. The van der Waals surface area contributed by atoms with Crippen LogP contribution in [0.25, 0.3) is 0 Å². The number of ether oxygens (including phenoxy) is 1. The molecule has 0 saturated heterocycles. The fourth-order valence-corrected chi connectivity index (χ4v) is 0.857. The van der Waals surface area contributed by atoms with Crippen LogP contribution in [0.4, 0.5) is 18.0 Å². The van der Waals surface area contributed by atoms with E-state index in [0.717, 1.165) is 5.56 Å². The zero-order chi connectivity index (χ0) is 15.6. The van der Waals surface area contributed by atoms with Crippen molar-refractivity contribution in [1.82, 2.24) is 5.32 Å². The second-order valence-electron chi connectivity index (χ2n) is 3.25. The molecule has 1 amide bonds. The Hall–Kier alpha value is -2.29. The maximum Gasteiger partial charge on any atom is 0.490 e. The van der Waals surface area contributed by atoms with Crippen molar-refractivity contribution in [2.24, 2.45) is 5.73 Å². The molecule has 0 aliphatic heterocycles. The number of carbonyl (C=O) groups is 2. The van der Waals surface area contributed by atoms with Crippen molar-refractivity contribution in [2.45, 2.75) is 12.8 Å². The van der Waals surface area contributed by atoms with E-state index in [1.165, 1.54) is 0 Å². The summed E-state index contributed by atoms with van der Waals surface area (Å²) in [6.07, 6.45) is -5.58. The number of alkyl halides is 3. The highest BCUT2D eigenvalue weighted by molar-refractivity contribution is 5.73. The van der Waals surface area contributed by atoms with Gasteiger partial charge in [0.05, 0.1) is 6.67 Å². The van der Waals surface area contributed by atoms with Crippen LogP contribution in [0.2, 0.25) is 0 Å². The largest absolute Gasteiger partial charge is 0.490 e. The summed E-state index contributed by atoms with van der Waals surface area (Å²) in [7, 11) is 0. The number of carbonyl (C=O) groups excluding carboxylic acids is 1. The zero-order valence-electron chi connectivity index (χ0n) is 10.2. The Morgan fingerprint density at radius 2 is 1.75 bits per heavy atom. The molecule has 1 aromatic rings. The highest BCUT2D eigenvalue weighted by atomic mass is 19.4. The number of hydrogen-bond acceptors (Lipinski definition) is 4. The van der Waals surface area contributed by atoms with Crippen LogP contribution in [-0.4, -0.2) is 30.0 Å². The standard InChI is InChI=1S/C9H12N2O2.C2HF3O2/c10-7-11-9(12)13-6-8-4-2-1-3-5-8;3-2(4,5)1(6)7/h1-5H,6-7,10H2,(H,11,12);(H,6,7). The number of aliphatic carboxylic acids is 1. The summed E-state index contributed by atoms with van der Waals surface area (Å²) in [6.45, 7) is 0.361. The van der Waals surface area contributed by atoms with Crippen molar-refractivity contribution in [1.29, 1.82) is 0 Å². The maximum atomic E-state index is 10.8. The summed E-state index contributed by atoms with van der Waals surface area (Å²) in [5.74, 6) is -2.76. The summed E-state index contributed by atoms with van der Waals surface area (Å²) >= 11 is 0. The molecular weight excluding hydrogens is 281 g/mol. The molecule has 0 aliphatic rings. The zero-order valence-corrected chi connectivity index (χ0v) is 10.2. The van der Waals surface area contributed by atoms with Crippen LogP contribution in [0.3, 0.4) is 0 Å². The van der Waals surface area contributed by atoms with E-state index in [2.05, 4.69) is 5.32 Å². The molecule has 0 bridgehead atoms. The van der Waals surface area contributed by atoms with E-state index in [1.54, 1.807) is 0 Å². The van der Waals surface area contributed by atoms with Crippen molar-refractivity contribution in [3.8, 4) is 0 Å². The van der Waals surface area contributed by atoms with Gasteiger partial charge in [-0.15, -0.1) is 0 Å². The molecule has 20 heavy (non-hydrogen) atoms. The summed E-state index contributed by atoms with van der Waals surface area (Å²) < 4.78 is 36.6. The summed E-state index contributed by atoms with van der Waals surface area (Å²) in [5.41, 5.74) is 6.04. The first-order chi connectivity index (χ1) is 9.27. The third-order valence-corrected chi connectivity index (χ3v) is 1.70. The van der Waals surface area contributed by atoms with E-state index in [9.17, 15) is 18.0 Å². The summed E-state index contributed by atoms with van der Waals surface area (Å²) in [4.78, 5) is 19.7. The number of benzene rings is 1. The molecule has 6 nitrogen and oxygen atoms in total. The predicted molar refractivity (Wildman–Crippen MR) is 62.5 cm³/mol. The van der Waals surface area contributed by atoms with Crippen LogP contribution >= 0.6 is 0 Å². The average Bonchev–Trinajstić information content (AvgIpc) is 2.37. The fraction of sp³-hybridized carbons (Fsp3) is 0.273. The first-order valence-corrected chi connectivity index (χ1v) is 5.22. The SMILES string of the molecule is NCNC(=O)OCc1ccccc1.O=C(O)C(F)(F)F. The molecule has 0 fully saturated rings. The van der Waals surface area contributed by atoms with Gasteiger partial charge >= 0.3 is 18.2 Å². The van der Waals surface area contributed by atoms with E-state index >= 15 is 0 Å². The average molecular weight is 294 g/mol. The number of amides is 1. The van der Waals surface area contributed by atoms with Crippen LogP contribution in [0.5, 0.6) is 0 Å². The molecule has 0 heterocycles. The molecule has 0 unspecified atom stereocenters. The van der Waals surface area contributed by atoms with Gasteiger partial charge in [-0.25, -0.2) is 9.59 Å². The molecule has 1 aromatic carbocycles. The molecule has 0 aromatic heterocycles. The topological polar surface area (TPSA) is 102 Å². The lowest BCUT2D eigenvalue weighted by Gasteiger charge is -2.04. The van der Waals surface area contributed by atoms with Crippen LogP contribution < -0.4 is 11.1 Å². The first-order valence-electron chi connectivity index (χ1n) is 5.22. The second kappa shape index (κ2) is 8.75. The normalized spacial score (nSPS) is 10.0. The van der Waals surface area contributed by atoms with Crippen molar-refractivity contribution in [3.05, 3.63) is 35.9 Å². The number of nitrogens with one attached hydrogen (secondary N) is 1. The Morgan fingerprint density at radius 3 is 2.15 bits per heavy atom. The first kappa shape index (κ1) is 17.7. The van der Waals surface area contributed by atoms with Crippen LogP contribution in [0.1, 0.15) is 5.56 Å². The van der Waals surface area contributed by atoms with Gasteiger partial charge in [0.2, 0.25) is 0 Å². The van der Waals surface area contributed by atoms with Crippen molar-refractivity contribution >= 4 is 12.1 Å². The summed E-state index contributed by atoms with van der Waals surface area (Å²) in [6, 6.07) is 9.45. The molecule has 112 valence electrons. The molecule has 0 radical (unpaired) electrons. The molecule has 0 spiro atoms. The number of rotatable bonds is 3. The Kier molecular flexibility index (Phi) is 7.75. The van der Waals surface area contributed by atoms with Gasteiger partial charge in [-0.3, -0.25) is 0 Å². The van der Waals surface area contributed by atoms with Gasteiger partial charge in [0.1, 0.15) is 6.61 Å². The second-order valence-corrected chi connectivity index (χ2v) is 3.25. The predicted octanol–water partition coefficient (Wildman–Crippen LogP) is 1.46. The van der Waals surface area contributed by atoms with Gasteiger partial charge in [-0.1, -0.05) is 30.3 Å². The Balaban J connectivity index is 0.000000441. The van der Waals surface area contributed by atoms with Gasteiger partial charge in [0, 0.05) is 0 Å². The number of nitrogens with two attached hydrogens (primary N) is 1.